The van der Waals surface area contributed by atoms with Crippen molar-refractivity contribution in [2.75, 3.05) is 10.7 Å². The quantitative estimate of drug-likeness (QED) is 0.500. The van der Waals surface area contributed by atoms with Gasteiger partial charge in [0, 0.05) is 18.1 Å². The minimum Gasteiger partial charge on any atom is -0.337 e. The summed E-state index contributed by atoms with van der Waals surface area (Å²) in [5.41, 5.74) is 5.57. The van der Waals surface area contributed by atoms with Gasteiger partial charge in [0.25, 0.3) is 0 Å². The second kappa shape index (κ2) is 5.18. The maximum Gasteiger partial charge on any atom is 0.180 e. The second-order valence-electron chi connectivity index (χ2n) is 4.45. The van der Waals surface area contributed by atoms with Crippen LogP contribution in [0.4, 0.5) is 17.3 Å². The van der Waals surface area contributed by atoms with E-state index in [1.54, 1.807) is 12.4 Å². The van der Waals surface area contributed by atoms with Gasteiger partial charge in [-0.05, 0) is 24.1 Å². The SMILES string of the molecule is CCc1ccc(Nc2nc(NN)cn3ccnc23)cc1. The maximum atomic E-state index is 5.44. The predicted molar refractivity (Wildman–Crippen MR) is 79.9 cm³/mol. The van der Waals surface area contributed by atoms with Crippen LogP contribution in [0.3, 0.4) is 0 Å². The van der Waals surface area contributed by atoms with E-state index in [0.717, 1.165) is 17.8 Å². The molecule has 0 bridgehead atoms. The van der Waals surface area contributed by atoms with E-state index in [2.05, 4.69) is 39.8 Å². The molecule has 6 nitrogen and oxygen atoms in total. The third-order valence-corrected chi connectivity index (χ3v) is 3.15. The Hall–Kier alpha value is -2.60. The molecule has 0 aliphatic rings. The fourth-order valence-corrected chi connectivity index (χ4v) is 2.05. The highest BCUT2D eigenvalue weighted by Gasteiger charge is 2.07. The molecule has 2 aromatic heterocycles. The molecule has 0 aliphatic heterocycles. The van der Waals surface area contributed by atoms with Gasteiger partial charge < -0.3 is 15.1 Å². The molecule has 0 fully saturated rings. The molecule has 20 heavy (non-hydrogen) atoms. The van der Waals surface area contributed by atoms with Crippen molar-refractivity contribution in [1.29, 1.82) is 0 Å². The Morgan fingerprint density at radius 2 is 2.05 bits per heavy atom. The van der Waals surface area contributed by atoms with Crippen LogP contribution in [-0.4, -0.2) is 14.4 Å². The molecule has 1 aromatic carbocycles. The number of hydrogen-bond donors (Lipinski definition) is 3. The van der Waals surface area contributed by atoms with Crippen LogP contribution < -0.4 is 16.6 Å². The molecule has 0 aliphatic carbocycles. The third kappa shape index (κ3) is 2.28. The Bertz CT molecular complexity index is 716. The van der Waals surface area contributed by atoms with Gasteiger partial charge in [0.1, 0.15) is 0 Å². The van der Waals surface area contributed by atoms with Gasteiger partial charge >= 0.3 is 0 Å². The molecule has 3 aromatic rings. The zero-order valence-electron chi connectivity index (χ0n) is 11.2. The molecule has 0 atom stereocenters. The van der Waals surface area contributed by atoms with Crippen LogP contribution >= 0.6 is 0 Å². The summed E-state index contributed by atoms with van der Waals surface area (Å²) in [6, 6.07) is 8.25. The number of imidazole rings is 1. The van der Waals surface area contributed by atoms with Gasteiger partial charge in [-0.3, -0.25) is 0 Å². The van der Waals surface area contributed by atoms with Gasteiger partial charge in [0.15, 0.2) is 17.3 Å². The summed E-state index contributed by atoms with van der Waals surface area (Å²) in [6.07, 6.45) is 6.38. The molecule has 0 radical (unpaired) electrons. The van der Waals surface area contributed by atoms with E-state index >= 15 is 0 Å². The van der Waals surface area contributed by atoms with Crippen LogP contribution in [0.25, 0.3) is 5.65 Å². The summed E-state index contributed by atoms with van der Waals surface area (Å²) < 4.78 is 1.87. The van der Waals surface area contributed by atoms with Gasteiger partial charge in [-0.15, -0.1) is 0 Å². The van der Waals surface area contributed by atoms with E-state index in [1.165, 1.54) is 5.56 Å². The number of anilines is 3. The van der Waals surface area contributed by atoms with Gasteiger partial charge in [-0.1, -0.05) is 19.1 Å². The summed E-state index contributed by atoms with van der Waals surface area (Å²) in [4.78, 5) is 8.69. The largest absolute Gasteiger partial charge is 0.337 e. The molecule has 0 saturated heterocycles. The standard InChI is InChI=1S/C14H16N6/c1-2-10-3-5-11(6-4-10)17-13-14-16-7-8-20(14)9-12(18-13)19-15/h3-9,19H,2,15H2,1H3,(H,17,18). The number of nitrogen functional groups attached to an aromatic ring is 1. The Labute approximate surface area is 116 Å². The molecular formula is C14H16N6. The molecule has 2 heterocycles. The first-order valence-corrected chi connectivity index (χ1v) is 6.46. The number of fused-ring (bicyclic) bond motifs is 1. The summed E-state index contributed by atoms with van der Waals surface area (Å²) in [5, 5.41) is 3.27. The number of aryl methyl sites for hydroxylation is 1. The van der Waals surface area contributed by atoms with Crippen molar-refractivity contribution in [3.63, 3.8) is 0 Å². The normalized spacial score (nSPS) is 10.7. The minimum absolute atomic E-state index is 0.572. The average Bonchev–Trinajstić information content (AvgIpc) is 2.96. The van der Waals surface area contributed by atoms with Crippen molar-refractivity contribution in [1.82, 2.24) is 14.4 Å². The van der Waals surface area contributed by atoms with E-state index in [-0.39, 0.29) is 0 Å². The highest BCUT2D eigenvalue weighted by atomic mass is 15.3. The lowest BCUT2D eigenvalue weighted by molar-refractivity contribution is 1.11. The van der Waals surface area contributed by atoms with Gasteiger partial charge in [0.2, 0.25) is 0 Å². The van der Waals surface area contributed by atoms with E-state index in [1.807, 2.05) is 22.7 Å². The van der Waals surface area contributed by atoms with Crippen molar-refractivity contribution in [3.05, 3.63) is 48.4 Å². The van der Waals surface area contributed by atoms with E-state index in [4.69, 9.17) is 5.84 Å². The number of nitrogens with zero attached hydrogens (tertiary/aromatic N) is 3. The topological polar surface area (TPSA) is 80.3 Å². The van der Waals surface area contributed by atoms with Gasteiger partial charge in [0.05, 0.1) is 6.20 Å². The summed E-state index contributed by atoms with van der Waals surface area (Å²) >= 11 is 0. The Kier molecular flexibility index (Phi) is 3.22. The van der Waals surface area contributed by atoms with E-state index in [0.29, 0.717) is 11.6 Å². The highest BCUT2D eigenvalue weighted by Crippen LogP contribution is 2.21. The predicted octanol–water partition coefficient (Wildman–Crippen LogP) is 2.32. The van der Waals surface area contributed by atoms with Crippen LogP contribution in [0.2, 0.25) is 0 Å². The van der Waals surface area contributed by atoms with E-state index in [9.17, 15) is 0 Å². The first-order valence-electron chi connectivity index (χ1n) is 6.46. The Morgan fingerprint density at radius 1 is 1.25 bits per heavy atom. The Balaban J connectivity index is 1.98. The number of rotatable bonds is 4. The number of aromatic nitrogens is 3. The number of nitrogens with one attached hydrogen (secondary N) is 2. The number of hydrazine groups is 1. The smallest absolute Gasteiger partial charge is 0.180 e. The molecule has 3 rings (SSSR count). The molecule has 6 heteroatoms. The molecule has 0 saturated carbocycles. The maximum absolute atomic E-state index is 5.44. The first-order chi connectivity index (χ1) is 9.80. The lowest BCUT2D eigenvalue weighted by Crippen LogP contribution is -2.11. The molecule has 102 valence electrons. The number of hydrogen-bond acceptors (Lipinski definition) is 5. The molecule has 4 N–H and O–H groups in total. The highest BCUT2D eigenvalue weighted by molar-refractivity contribution is 5.71. The first kappa shape index (κ1) is 12.4. The number of benzene rings is 1. The average molecular weight is 268 g/mol. The zero-order chi connectivity index (χ0) is 13.9. The summed E-state index contributed by atoms with van der Waals surface area (Å²) in [5.74, 6) is 6.67. The fourth-order valence-electron chi connectivity index (χ4n) is 2.05. The van der Waals surface area contributed by atoms with E-state index < -0.39 is 0 Å². The lowest BCUT2D eigenvalue weighted by atomic mass is 10.1. The second-order valence-corrected chi connectivity index (χ2v) is 4.45. The zero-order valence-corrected chi connectivity index (χ0v) is 11.2. The van der Waals surface area contributed by atoms with Gasteiger partial charge in [-0.2, -0.15) is 0 Å². The molecular weight excluding hydrogens is 252 g/mol. The van der Waals surface area contributed by atoms with Crippen LogP contribution in [0.1, 0.15) is 12.5 Å². The van der Waals surface area contributed by atoms with Gasteiger partial charge in [-0.25, -0.2) is 15.8 Å². The molecule has 0 unspecified atom stereocenters. The lowest BCUT2D eigenvalue weighted by Gasteiger charge is -2.09. The summed E-state index contributed by atoms with van der Waals surface area (Å²) in [6.45, 7) is 2.13. The van der Waals surface area contributed by atoms with Crippen molar-refractivity contribution in [3.8, 4) is 0 Å². The van der Waals surface area contributed by atoms with Crippen LogP contribution in [0, 0.1) is 0 Å². The monoisotopic (exact) mass is 268 g/mol. The summed E-state index contributed by atoms with van der Waals surface area (Å²) in [7, 11) is 0. The van der Waals surface area contributed by atoms with Crippen molar-refractivity contribution >= 4 is 23.0 Å². The van der Waals surface area contributed by atoms with Crippen LogP contribution in [0.5, 0.6) is 0 Å². The molecule has 0 amide bonds. The van der Waals surface area contributed by atoms with Crippen molar-refractivity contribution < 1.29 is 0 Å². The fraction of sp³-hybridized carbons (Fsp3) is 0.143. The Morgan fingerprint density at radius 3 is 2.75 bits per heavy atom. The minimum atomic E-state index is 0.572. The van der Waals surface area contributed by atoms with Crippen LogP contribution in [-0.2, 0) is 6.42 Å². The van der Waals surface area contributed by atoms with Crippen LogP contribution in [0.15, 0.2) is 42.9 Å². The van der Waals surface area contributed by atoms with Crippen molar-refractivity contribution in [2.24, 2.45) is 5.84 Å². The number of nitrogens with two attached hydrogens (primary N) is 1. The van der Waals surface area contributed by atoms with Crippen molar-refractivity contribution in [2.45, 2.75) is 13.3 Å². The molecule has 0 spiro atoms. The third-order valence-electron chi connectivity index (χ3n) is 3.15.